The van der Waals surface area contributed by atoms with E-state index in [1.165, 1.54) is 89.0 Å². The third-order valence-corrected chi connectivity index (χ3v) is 13.8. The third kappa shape index (κ3) is 4.87. The molecule has 0 radical (unpaired) electrons. The molecule has 0 saturated heterocycles. The Labute approximate surface area is 353 Å². The first-order valence-electron chi connectivity index (χ1n) is 21.2. The first-order chi connectivity index (χ1) is 29.5. The second kappa shape index (κ2) is 13.1. The van der Waals surface area contributed by atoms with E-state index in [0.29, 0.717) is 0 Å². The highest BCUT2D eigenvalue weighted by Crippen LogP contribution is 2.64. The van der Waals surface area contributed by atoms with Crippen LogP contribution in [0.15, 0.2) is 218 Å². The standard InChI is InChI=1S/C59H43N/c1-58(2)54-36-41(39-18-6-3-7-19-39)30-33-48(54)49-34-31-42(37-55(49)58)60(57-29-17-14-22-44(57)40-20-8-4-9-21-40)43-32-35-50-47-25-13-16-28-53(47)59(56(50)38-43)51-26-11-5-10-23-45(51)46-24-12-15-27-52(46)59/h3-25,27-38H,26H2,1-2H3. The zero-order valence-electron chi connectivity index (χ0n) is 33.9. The van der Waals surface area contributed by atoms with E-state index < -0.39 is 5.41 Å². The van der Waals surface area contributed by atoms with Crippen LogP contribution < -0.4 is 4.90 Å². The number of allylic oxidation sites excluding steroid dienone is 6. The number of rotatable bonds is 5. The summed E-state index contributed by atoms with van der Waals surface area (Å²) in [7, 11) is 0. The third-order valence-electron chi connectivity index (χ3n) is 13.8. The largest absolute Gasteiger partial charge is 0.310 e. The summed E-state index contributed by atoms with van der Waals surface area (Å²) < 4.78 is 0. The molecule has 0 aromatic heterocycles. The maximum atomic E-state index is 2.53. The SMILES string of the molecule is CC1(C)c2cc(-c3ccccc3)ccc2-c2ccc(N(c3ccc4c(c3)C3(C5=C(C=CC=CC5)c5ccccc53)c3ccccc3-4)c3ccccc3-c3ccccc3)cc21. The summed E-state index contributed by atoms with van der Waals surface area (Å²) in [6.07, 6.45) is 10.0. The van der Waals surface area contributed by atoms with Gasteiger partial charge in [0.2, 0.25) is 0 Å². The quantitative estimate of drug-likeness (QED) is 0.169. The minimum Gasteiger partial charge on any atom is -0.310 e. The van der Waals surface area contributed by atoms with Crippen molar-refractivity contribution in [2.45, 2.75) is 31.1 Å². The van der Waals surface area contributed by atoms with Gasteiger partial charge in [-0.05, 0) is 126 Å². The Morgan fingerprint density at radius 3 is 1.67 bits per heavy atom. The molecule has 1 atom stereocenters. The molecule has 0 bridgehead atoms. The van der Waals surface area contributed by atoms with Gasteiger partial charge in [-0.25, -0.2) is 0 Å². The lowest BCUT2D eigenvalue weighted by molar-refractivity contribution is 0.660. The van der Waals surface area contributed by atoms with Crippen LogP contribution >= 0.6 is 0 Å². The second-order valence-electron chi connectivity index (χ2n) is 17.2. The predicted octanol–water partition coefficient (Wildman–Crippen LogP) is 15.4. The molecule has 1 unspecified atom stereocenters. The van der Waals surface area contributed by atoms with Gasteiger partial charge in [-0.1, -0.05) is 190 Å². The fraction of sp³-hybridized carbons (Fsp3) is 0.0847. The molecule has 0 N–H and O–H groups in total. The Morgan fingerprint density at radius 2 is 0.933 bits per heavy atom. The van der Waals surface area contributed by atoms with E-state index in [0.717, 1.165) is 23.5 Å². The van der Waals surface area contributed by atoms with Crippen LogP contribution in [0.3, 0.4) is 0 Å². The Balaban J connectivity index is 1.09. The van der Waals surface area contributed by atoms with E-state index >= 15 is 0 Å². The van der Waals surface area contributed by atoms with Crippen LogP contribution in [0, 0.1) is 0 Å². The van der Waals surface area contributed by atoms with Gasteiger partial charge >= 0.3 is 0 Å². The normalized spacial score (nSPS) is 17.1. The summed E-state index contributed by atoms with van der Waals surface area (Å²) in [6.45, 7) is 4.79. The molecule has 12 rings (SSSR count). The molecule has 1 spiro atoms. The molecule has 4 aliphatic rings. The predicted molar refractivity (Wildman–Crippen MR) is 251 cm³/mol. The fourth-order valence-corrected chi connectivity index (χ4v) is 11.1. The molecule has 0 aliphatic heterocycles. The van der Waals surface area contributed by atoms with E-state index in [1.54, 1.807) is 0 Å². The Hall–Kier alpha value is -7.22. The number of hydrogen-bond donors (Lipinski definition) is 0. The van der Waals surface area contributed by atoms with Gasteiger partial charge in [-0.2, -0.15) is 0 Å². The second-order valence-corrected chi connectivity index (χ2v) is 17.2. The Bertz CT molecular complexity index is 3140. The van der Waals surface area contributed by atoms with E-state index in [2.05, 4.69) is 231 Å². The molecule has 0 amide bonds. The molecule has 0 fully saturated rings. The zero-order valence-corrected chi connectivity index (χ0v) is 33.9. The molecule has 1 heteroatoms. The van der Waals surface area contributed by atoms with Gasteiger partial charge in [0, 0.05) is 22.4 Å². The van der Waals surface area contributed by atoms with Gasteiger partial charge in [0.25, 0.3) is 0 Å². The summed E-state index contributed by atoms with van der Waals surface area (Å²) in [4.78, 5) is 2.52. The molecule has 0 saturated carbocycles. The van der Waals surface area contributed by atoms with Crippen LogP contribution in [0.1, 0.15) is 53.6 Å². The smallest absolute Gasteiger partial charge is 0.0692 e. The highest BCUT2D eigenvalue weighted by atomic mass is 15.1. The number of nitrogens with zero attached hydrogens (tertiary/aromatic N) is 1. The van der Waals surface area contributed by atoms with E-state index in [1.807, 2.05) is 0 Å². The van der Waals surface area contributed by atoms with Gasteiger partial charge in [0.15, 0.2) is 0 Å². The van der Waals surface area contributed by atoms with Crippen molar-refractivity contribution in [1.82, 2.24) is 0 Å². The molecule has 8 aromatic rings. The molecule has 8 aromatic carbocycles. The van der Waals surface area contributed by atoms with Crippen molar-refractivity contribution in [2.24, 2.45) is 0 Å². The number of para-hydroxylation sites is 1. The van der Waals surface area contributed by atoms with Crippen LogP contribution in [-0.4, -0.2) is 0 Å². The minimum absolute atomic E-state index is 0.198. The number of fused-ring (bicyclic) bond motifs is 12. The molecule has 0 heterocycles. The van der Waals surface area contributed by atoms with Crippen molar-refractivity contribution in [3.8, 4) is 44.5 Å². The first kappa shape index (κ1) is 34.8. The first-order valence-corrected chi connectivity index (χ1v) is 21.2. The summed E-state index contributed by atoms with van der Waals surface area (Å²) in [5, 5.41) is 0. The van der Waals surface area contributed by atoms with Crippen molar-refractivity contribution in [3.63, 3.8) is 0 Å². The highest BCUT2D eigenvalue weighted by Gasteiger charge is 2.52. The van der Waals surface area contributed by atoms with Gasteiger partial charge in [0.05, 0.1) is 11.1 Å². The van der Waals surface area contributed by atoms with Crippen LogP contribution in [0.2, 0.25) is 0 Å². The minimum atomic E-state index is -0.407. The Morgan fingerprint density at radius 1 is 0.400 bits per heavy atom. The molecule has 60 heavy (non-hydrogen) atoms. The van der Waals surface area contributed by atoms with Crippen LogP contribution in [-0.2, 0) is 10.8 Å². The summed E-state index contributed by atoms with van der Waals surface area (Å²) in [5.41, 5.74) is 24.0. The number of anilines is 3. The van der Waals surface area contributed by atoms with Crippen molar-refractivity contribution in [1.29, 1.82) is 0 Å². The molecule has 4 aliphatic carbocycles. The maximum absolute atomic E-state index is 2.53. The van der Waals surface area contributed by atoms with Gasteiger partial charge in [-0.3, -0.25) is 0 Å². The summed E-state index contributed by atoms with van der Waals surface area (Å²) in [5.74, 6) is 0. The van der Waals surface area contributed by atoms with Crippen molar-refractivity contribution in [3.05, 3.63) is 251 Å². The van der Waals surface area contributed by atoms with Gasteiger partial charge in [0.1, 0.15) is 0 Å². The summed E-state index contributed by atoms with van der Waals surface area (Å²) >= 11 is 0. The average molecular weight is 766 g/mol. The van der Waals surface area contributed by atoms with Gasteiger partial charge < -0.3 is 4.90 Å². The van der Waals surface area contributed by atoms with Gasteiger partial charge in [-0.15, -0.1) is 0 Å². The number of benzene rings is 8. The molecular formula is C59H43N. The molecule has 1 nitrogen and oxygen atoms in total. The lowest BCUT2D eigenvalue weighted by Crippen LogP contribution is -2.27. The monoisotopic (exact) mass is 765 g/mol. The Kier molecular flexibility index (Phi) is 7.62. The maximum Gasteiger partial charge on any atom is 0.0692 e. The van der Waals surface area contributed by atoms with E-state index in [4.69, 9.17) is 0 Å². The van der Waals surface area contributed by atoms with Crippen molar-refractivity contribution >= 4 is 22.6 Å². The van der Waals surface area contributed by atoms with Crippen molar-refractivity contribution in [2.75, 3.05) is 4.90 Å². The fourth-order valence-electron chi connectivity index (χ4n) is 11.1. The summed E-state index contributed by atoms with van der Waals surface area (Å²) in [6, 6.07) is 70.4. The zero-order chi connectivity index (χ0) is 40.0. The van der Waals surface area contributed by atoms with Crippen molar-refractivity contribution < 1.29 is 0 Å². The van der Waals surface area contributed by atoms with Crippen LogP contribution in [0.25, 0.3) is 50.1 Å². The highest BCUT2D eigenvalue weighted by molar-refractivity contribution is 5.99. The van der Waals surface area contributed by atoms with Crippen LogP contribution in [0.4, 0.5) is 17.1 Å². The van der Waals surface area contributed by atoms with E-state index in [9.17, 15) is 0 Å². The molecule has 284 valence electrons. The number of hydrogen-bond acceptors (Lipinski definition) is 1. The average Bonchev–Trinajstić information content (AvgIpc) is 3.72. The molecular weight excluding hydrogens is 723 g/mol. The van der Waals surface area contributed by atoms with E-state index in [-0.39, 0.29) is 5.41 Å². The lowest BCUT2D eigenvalue weighted by atomic mass is 9.68. The topological polar surface area (TPSA) is 3.24 Å². The lowest BCUT2D eigenvalue weighted by Gasteiger charge is -2.34. The van der Waals surface area contributed by atoms with Crippen LogP contribution in [0.5, 0.6) is 0 Å².